The summed E-state index contributed by atoms with van der Waals surface area (Å²) in [7, 11) is 3.03. The molecule has 1 fully saturated rings. The van der Waals surface area contributed by atoms with E-state index in [1.807, 2.05) is 62.7 Å². The van der Waals surface area contributed by atoms with Gasteiger partial charge in [0, 0.05) is 32.4 Å². The van der Waals surface area contributed by atoms with Crippen molar-refractivity contribution in [2.24, 2.45) is 0 Å². The first-order chi connectivity index (χ1) is 12.4. The predicted molar refractivity (Wildman–Crippen MR) is 109 cm³/mol. The van der Waals surface area contributed by atoms with Crippen LogP contribution in [0.4, 0.5) is 10.7 Å². The summed E-state index contributed by atoms with van der Waals surface area (Å²) in [6.45, 7) is 6.13. The summed E-state index contributed by atoms with van der Waals surface area (Å²) in [4.78, 5) is 9.08. The maximum Gasteiger partial charge on any atom is 0.227 e. The molecule has 142 valence electrons. The third-order valence-electron chi connectivity index (χ3n) is 4.90. The summed E-state index contributed by atoms with van der Waals surface area (Å²) in [6.07, 6.45) is 1.81. The van der Waals surface area contributed by atoms with Gasteiger partial charge >= 0.3 is 0 Å². The summed E-state index contributed by atoms with van der Waals surface area (Å²) in [5, 5.41) is 8.47. The fourth-order valence-corrected chi connectivity index (χ4v) is 7.54. The third kappa shape index (κ3) is 3.51. The molecule has 0 bridgehead atoms. The van der Waals surface area contributed by atoms with Gasteiger partial charge in [-0.2, -0.15) is 0 Å². The molecule has 0 amide bonds. The monoisotopic (exact) mass is 394 g/mol. The third-order valence-corrected chi connectivity index (χ3v) is 9.80. The smallest absolute Gasteiger partial charge is 0.227 e. The van der Waals surface area contributed by atoms with Gasteiger partial charge in [-0.3, -0.25) is 9.55 Å². The van der Waals surface area contributed by atoms with E-state index in [0.717, 1.165) is 40.2 Å². The Hall–Kier alpha value is -1.47. The van der Waals surface area contributed by atoms with Crippen molar-refractivity contribution in [1.82, 2.24) is 19.3 Å². The van der Waals surface area contributed by atoms with Gasteiger partial charge in [0.2, 0.25) is 7.44 Å². The average Bonchev–Trinajstić information content (AvgIpc) is 3.18. The molecule has 1 aliphatic rings. The first kappa shape index (κ1) is 19.3. The molecule has 0 aromatic carbocycles. The van der Waals surface area contributed by atoms with Gasteiger partial charge in [-0.05, 0) is 40.1 Å². The van der Waals surface area contributed by atoms with Gasteiger partial charge in [0.05, 0.1) is 17.6 Å². The number of likely N-dealkylation sites (N-methyl/N-ethyl adjacent to an activating group) is 2. The van der Waals surface area contributed by atoms with E-state index in [4.69, 9.17) is 0 Å². The lowest BCUT2D eigenvalue weighted by molar-refractivity contribution is 0.475. The van der Waals surface area contributed by atoms with Crippen molar-refractivity contribution in [3.8, 4) is 0 Å². The van der Waals surface area contributed by atoms with E-state index < -0.39 is 7.44 Å². The van der Waals surface area contributed by atoms with E-state index in [9.17, 15) is 4.57 Å². The van der Waals surface area contributed by atoms with Crippen LogP contribution in [0.5, 0.6) is 0 Å². The molecule has 3 heterocycles. The van der Waals surface area contributed by atoms with Crippen LogP contribution in [0, 0.1) is 13.8 Å². The molecule has 9 heteroatoms. The average molecular weight is 394 g/mol. The molecule has 26 heavy (non-hydrogen) atoms. The number of thiazole rings is 1. The molecule has 0 aliphatic carbocycles. The summed E-state index contributed by atoms with van der Waals surface area (Å²) >= 11 is 1.57. The summed E-state index contributed by atoms with van der Waals surface area (Å²) < 4.78 is 18.0. The van der Waals surface area contributed by atoms with E-state index in [2.05, 4.69) is 20.6 Å². The van der Waals surface area contributed by atoms with Crippen molar-refractivity contribution in [2.45, 2.75) is 19.5 Å². The van der Waals surface area contributed by atoms with Gasteiger partial charge in [0.25, 0.3) is 0 Å². The van der Waals surface area contributed by atoms with Crippen LogP contribution in [-0.4, -0.2) is 60.1 Å². The lowest BCUT2D eigenvalue weighted by Crippen LogP contribution is -2.24. The Kier molecular flexibility index (Phi) is 5.67. The number of nitrogens with one attached hydrogen (secondary N) is 2. The minimum Gasteiger partial charge on any atom is -0.382 e. The molecular formula is C17H27N6OPS. The maximum absolute atomic E-state index is 14.0. The van der Waals surface area contributed by atoms with Crippen molar-refractivity contribution in [1.29, 1.82) is 0 Å². The first-order valence-corrected chi connectivity index (χ1v) is 11.2. The Morgan fingerprint density at radius 3 is 2.54 bits per heavy atom. The fourth-order valence-electron chi connectivity index (χ4n) is 3.30. The van der Waals surface area contributed by atoms with Crippen LogP contribution < -0.4 is 10.6 Å². The lowest BCUT2D eigenvalue weighted by Gasteiger charge is -2.32. The van der Waals surface area contributed by atoms with E-state index >= 15 is 0 Å². The van der Waals surface area contributed by atoms with Gasteiger partial charge in [-0.25, -0.2) is 14.3 Å². The standard InChI is InChI=1S/C17H27N6OPS/c1-12-6-7-14(13(2)21-12)19-10-15(17-20-11-16(18-3)26-17)25(24)22(4)8-9-23(25)5/h6-7,11,15,18-19H,8-10H2,1-5H3. The van der Waals surface area contributed by atoms with Gasteiger partial charge in [0.1, 0.15) is 15.7 Å². The highest BCUT2D eigenvalue weighted by Gasteiger charge is 2.47. The number of aromatic nitrogens is 2. The zero-order chi connectivity index (χ0) is 18.9. The zero-order valence-corrected chi connectivity index (χ0v) is 17.7. The van der Waals surface area contributed by atoms with E-state index in [-0.39, 0.29) is 5.66 Å². The molecule has 3 rings (SSSR count). The molecular weight excluding hydrogens is 367 g/mol. The summed E-state index contributed by atoms with van der Waals surface area (Å²) in [6, 6.07) is 4.02. The number of hydrogen-bond acceptors (Lipinski definition) is 6. The predicted octanol–water partition coefficient (Wildman–Crippen LogP) is 3.42. The van der Waals surface area contributed by atoms with Gasteiger partial charge in [-0.1, -0.05) is 0 Å². The van der Waals surface area contributed by atoms with Crippen LogP contribution in [0.1, 0.15) is 22.1 Å². The summed E-state index contributed by atoms with van der Waals surface area (Å²) in [5.41, 5.74) is 2.71. The van der Waals surface area contributed by atoms with Crippen molar-refractivity contribution in [3.63, 3.8) is 0 Å². The SMILES string of the molecule is CNc1cnc(C(CNc2ccc(C)nc2C)P2(=O)N(C)CCN2C)s1. The van der Waals surface area contributed by atoms with Crippen LogP contribution in [0.3, 0.4) is 0 Å². The Morgan fingerprint density at radius 1 is 1.27 bits per heavy atom. The number of aryl methyl sites for hydroxylation is 2. The van der Waals surface area contributed by atoms with Gasteiger partial charge < -0.3 is 10.6 Å². The number of hydrogen-bond donors (Lipinski definition) is 2. The minimum atomic E-state index is -2.74. The Morgan fingerprint density at radius 2 is 1.96 bits per heavy atom. The van der Waals surface area contributed by atoms with Crippen molar-refractivity contribution >= 4 is 29.5 Å². The molecule has 2 N–H and O–H groups in total. The molecule has 1 atom stereocenters. The molecule has 1 unspecified atom stereocenters. The zero-order valence-electron chi connectivity index (χ0n) is 16.0. The molecule has 0 radical (unpaired) electrons. The number of nitrogens with zero attached hydrogens (tertiary/aromatic N) is 4. The Labute approximate surface area is 159 Å². The molecule has 2 aromatic rings. The Bertz CT molecular complexity index is 811. The quantitative estimate of drug-likeness (QED) is 0.727. The number of anilines is 2. The lowest BCUT2D eigenvalue weighted by atomic mass is 10.2. The molecule has 1 saturated heterocycles. The van der Waals surface area contributed by atoms with Gasteiger partial charge in [-0.15, -0.1) is 11.3 Å². The fraction of sp³-hybridized carbons (Fsp3) is 0.529. The van der Waals surface area contributed by atoms with Crippen LogP contribution in [0.2, 0.25) is 0 Å². The van der Waals surface area contributed by atoms with E-state index in [0.29, 0.717) is 6.54 Å². The molecule has 0 spiro atoms. The second-order valence-corrected chi connectivity index (χ2v) is 10.9. The van der Waals surface area contributed by atoms with Crippen LogP contribution in [0.15, 0.2) is 18.3 Å². The van der Waals surface area contributed by atoms with Crippen LogP contribution >= 0.6 is 18.8 Å². The highest BCUT2D eigenvalue weighted by molar-refractivity contribution is 7.60. The highest BCUT2D eigenvalue weighted by atomic mass is 32.1. The molecule has 1 aliphatic heterocycles. The van der Waals surface area contributed by atoms with Gasteiger partial charge in [0.15, 0.2) is 0 Å². The normalized spacial score (nSPS) is 18.8. The molecule has 2 aromatic heterocycles. The largest absolute Gasteiger partial charge is 0.382 e. The Balaban J connectivity index is 1.91. The second kappa shape index (κ2) is 7.64. The number of pyridine rings is 1. The summed E-state index contributed by atoms with van der Waals surface area (Å²) in [5.74, 6) is 0. The van der Waals surface area contributed by atoms with Crippen LogP contribution in [0.25, 0.3) is 0 Å². The molecule has 7 nitrogen and oxygen atoms in total. The van der Waals surface area contributed by atoms with Crippen molar-refractivity contribution in [2.75, 3.05) is 51.4 Å². The van der Waals surface area contributed by atoms with E-state index in [1.54, 1.807) is 11.3 Å². The van der Waals surface area contributed by atoms with Crippen LogP contribution in [-0.2, 0) is 4.57 Å². The van der Waals surface area contributed by atoms with E-state index in [1.165, 1.54) is 0 Å². The second-order valence-electron chi connectivity index (χ2n) is 6.65. The first-order valence-electron chi connectivity index (χ1n) is 8.70. The molecule has 0 saturated carbocycles. The minimum absolute atomic E-state index is 0.201. The van der Waals surface area contributed by atoms with Crippen molar-refractivity contribution < 1.29 is 4.57 Å². The highest BCUT2D eigenvalue weighted by Crippen LogP contribution is 2.65. The van der Waals surface area contributed by atoms with Crippen molar-refractivity contribution in [3.05, 3.63) is 34.7 Å². The topological polar surface area (TPSA) is 73.4 Å². The number of rotatable bonds is 6. The maximum atomic E-state index is 14.0.